The number of carboxylic acids is 1. The molecule has 144 valence electrons. The fourth-order valence-electron chi connectivity index (χ4n) is 2.53. The molecule has 0 heterocycles. The second-order valence-electron chi connectivity index (χ2n) is 5.60. The predicted octanol–water partition coefficient (Wildman–Crippen LogP) is 2.90. The van der Waals surface area contributed by atoms with Crippen LogP contribution in [0.5, 0.6) is 11.5 Å². The van der Waals surface area contributed by atoms with Crippen LogP contribution in [0.3, 0.4) is 0 Å². The van der Waals surface area contributed by atoms with Gasteiger partial charge in [-0.2, -0.15) is 8.78 Å². The molecule has 0 radical (unpaired) electrons. The Bertz CT molecular complexity index is 810. The molecule has 0 spiro atoms. The number of ether oxygens (including phenoxy) is 2. The summed E-state index contributed by atoms with van der Waals surface area (Å²) in [7, 11) is 1.35. The van der Waals surface area contributed by atoms with Gasteiger partial charge in [0.2, 0.25) is 5.91 Å². The molecular formula is C19H19F2NO5. The number of halogens is 2. The molecule has 0 saturated heterocycles. The van der Waals surface area contributed by atoms with E-state index in [0.29, 0.717) is 17.5 Å². The predicted molar refractivity (Wildman–Crippen MR) is 93.4 cm³/mol. The number of hydrogen-bond donors (Lipinski definition) is 2. The Hall–Kier alpha value is -3.16. The molecular weight excluding hydrogens is 360 g/mol. The minimum atomic E-state index is -2.97. The summed E-state index contributed by atoms with van der Waals surface area (Å²) in [5.41, 5.74) is 1.17. The molecule has 0 unspecified atom stereocenters. The lowest BCUT2D eigenvalue weighted by Crippen LogP contribution is -2.27. The lowest BCUT2D eigenvalue weighted by atomic mass is 10.0. The summed E-state index contributed by atoms with van der Waals surface area (Å²) in [6.07, 6.45) is 0.320. The fourth-order valence-corrected chi connectivity index (χ4v) is 2.53. The summed E-state index contributed by atoms with van der Waals surface area (Å²) in [6.45, 7) is -2.71. The molecule has 2 aromatic rings. The molecule has 0 aliphatic carbocycles. The molecule has 8 heteroatoms. The van der Waals surface area contributed by atoms with Crippen LogP contribution in [0.15, 0.2) is 42.5 Å². The highest BCUT2D eigenvalue weighted by atomic mass is 19.3. The van der Waals surface area contributed by atoms with Crippen molar-refractivity contribution in [3.63, 3.8) is 0 Å². The van der Waals surface area contributed by atoms with Crippen LogP contribution in [0.1, 0.15) is 21.5 Å². The van der Waals surface area contributed by atoms with Gasteiger partial charge in [0.25, 0.3) is 0 Å². The molecule has 0 fully saturated rings. The Morgan fingerprint density at radius 2 is 1.89 bits per heavy atom. The average molecular weight is 379 g/mol. The highest BCUT2D eigenvalue weighted by Crippen LogP contribution is 2.29. The SMILES string of the molecule is COc1ccc(CCNC(=O)Cc2ccccc2C(=O)O)cc1OC(F)F. The van der Waals surface area contributed by atoms with Crippen molar-refractivity contribution in [3.8, 4) is 11.5 Å². The molecule has 0 bridgehead atoms. The average Bonchev–Trinajstić information content (AvgIpc) is 2.61. The van der Waals surface area contributed by atoms with Crippen LogP contribution in [-0.2, 0) is 17.6 Å². The second kappa shape index (κ2) is 9.51. The van der Waals surface area contributed by atoms with Gasteiger partial charge in [0.05, 0.1) is 19.1 Å². The van der Waals surface area contributed by atoms with Gasteiger partial charge in [-0.25, -0.2) is 4.79 Å². The Balaban J connectivity index is 1.92. The van der Waals surface area contributed by atoms with E-state index in [0.717, 1.165) is 0 Å². The highest BCUT2D eigenvalue weighted by molar-refractivity contribution is 5.91. The Morgan fingerprint density at radius 3 is 2.56 bits per heavy atom. The number of carboxylic acid groups (broad SMARTS) is 1. The number of aromatic carboxylic acids is 1. The van der Waals surface area contributed by atoms with Crippen molar-refractivity contribution in [2.75, 3.05) is 13.7 Å². The number of alkyl halides is 2. The Labute approximate surface area is 154 Å². The van der Waals surface area contributed by atoms with Gasteiger partial charge in [0.1, 0.15) is 0 Å². The third kappa shape index (κ3) is 5.95. The van der Waals surface area contributed by atoms with Gasteiger partial charge in [-0.1, -0.05) is 24.3 Å². The molecule has 0 aromatic heterocycles. The Morgan fingerprint density at radius 1 is 1.15 bits per heavy atom. The van der Waals surface area contributed by atoms with Crippen molar-refractivity contribution >= 4 is 11.9 Å². The Kier molecular flexibility index (Phi) is 7.10. The van der Waals surface area contributed by atoms with Crippen LogP contribution < -0.4 is 14.8 Å². The number of methoxy groups -OCH3 is 1. The first-order valence-electron chi connectivity index (χ1n) is 8.10. The summed E-state index contributed by atoms with van der Waals surface area (Å²) in [5.74, 6) is -1.32. The summed E-state index contributed by atoms with van der Waals surface area (Å²) in [5, 5.41) is 11.8. The van der Waals surface area contributed by atoms with Crippen LogP contribution >= 0.6 is 0 Å². The molecule has 0 aliphatic heterocycles. The van der Waals surface area contributed by atoms with E-state index in [2.05, 4.69) is 10.1 Å². The number of benzene rings is 2. The van der Waals surface area contributed by atoms with Gasteiger partial charge >= 0.3 is 12.6 Å². The van der Waals surface area contributed by atoms with Crippen molar-refractivity contribution in [1.29, 1.82) is 0 Å². The zero-order valence-electron chi connectivity index (χ0n) is 14.6. The van der Waals surface area contributed by atoms with Crippen LogP contribution in [0.2, 0.25) is 0 Å². The molecule has 2 rings (SSSR count). The first-order valence-corrected chi connectivity index (χ1v) is 8.10. The number of carbonyl (C=O) groups is 2. The monoisotopic (exact) mass is 379 g/mol. The molecule has 2 N–H and O–H groups in total. The van der Waals surface area contributed by atoms with Crippen LogP contribution in [0.25, 0.3) is 0 Å². The van der Waals surface area contributed by atoms with Gasteiger partial charge in [0.15, 0.2) is 11.5 Å². The quantitative estimate of drug-likeness (QED) is 0.700. The summed E-state index contributed by atoms with van der Waals surface area (Å²) < 4.78 is 34.3. The van der Waals surface area contributed by atoms with Crippen molar-refractivity contribution in [2.45, 2.75) is 19.5 Å². The van der Waals surface area contributed by atoms with E-state index >= 15 is 0 Å². The molecule has 0 atom stereocenters. The molecule has 6 nitrogen and oxygen atoms in total. The van der Waals surface area contributed by atoms with Crippen molar-refractivity contribution < 1.29 is 33.0 Å². The topological polar surface area (TPSA) is 84.9 Å². The second-order valence-corrected chi connectivity index (χ2v) is 5.60. The summed E-state index contributed by atoms with van der Waals surface area (Å²) in [6, 6.07) is 10.9. The summed E-state index contributed by atoms with van der Waals surface area (Å²) in [4.78, 5) is 23.2. The van der Waals surface area contributed by atoms with E-state index in [9.17, 15) is 18.4 Å². The highest BCUT2D eigenvalue weighted by Gasteiger charge is 2.13. The van der Waals surface area contributed by atoms with Crippen molar-refractivity contribution in [2.24, 2.45) is 0 Å². The lowest BCUT2D eigenvalue weighted by molar-refractivity contribution is -0.120. The third-order valence-corrected chi connectivity index (χ3v) is 3.78. The van der Waals surface area contributed by atoms with Crippen molar-refractivity contribution in [3.05, 3.63) is 59.2 Å². The van der Waals surface area contributed by atoms with E-state index in [-0.39, 0.29) is 35.9 Å². The maximum Gasteiger partial charge on any atom is 0.387 e. The number of nitrogens with one attached hydrogen (secondary N) is 1. The minimum Gasteiger partial charge on any atom is -0.493 e. The lowest BCUT2D eigenvalue weighted by Gasteiger charge is -2.12. The van der Waals surface area contributed by atoms with Crippen molar-refractivity contribution in [1.82, 2.24) is 5.32 Å². The standard InChI is InChI=1S/C19H19F2NO5/c1-26-15-7-6-12(10-16(15)27-19(20)21)8-9-22-17(23)11-13-4-2-3-5-14(13)18(24)25/h2-7,10,19H,8-9,11H2,1H3,(H,22,23)(H,24,25). The first-order chi connectivity index (χ1) is 12.9. The van der Waals surface area contributed by atoms with Gasteiger partial charge in [-0.05, 0) is 35.7 Å². The van der Waals surface area contributed by atoms with E-state index in [1.54, 1.807) is 24.3 Å². The molecule has 1 amide bonds. The number of amides is 1. The summed E-state index contributed by atoms with van der Waals surface area (Å²) >= 11 is 0. The largest absolute Gasteiger partial charge is 0.493 e. The normalized spacial score (nSPS) is 10.5. The smallest absolute Gasteiger partial charge is 0.387 e. The molecule has 27 heavy (non-hydrogen) atoms. The number of carbonyl (C=O) groups excluding carboxylic acids is 1. The third-order valence-electron chi connectivity index (χ3n) is 3.78. The van der Waals surface area contributed by atoms with Gasteiger partial charge < -0.3 is 19.9 Å². The zero-order chi connectivity index (χ0) is 19.8. The molecule has 0 saturated carbocycles. The van der Waals surface area contributed by atoms with E-state index in [4.69, 9.17) is 9.84 Å². The fraction of sp³-hybridized carbons (Fsp3) is 0.263. The van der Waals surface area contributed by atoms with E-state index < -0.39 is 12.6 Å². The number of rotatable bonds is 9. The van der Waals surface area contributed by atoms with Crippen LogP contribution in [0, 0.1) is 0 Å². The maximum atomic E-state index is 12.4. The molecule has 2 aromatic carbocycles. The van der Waals surface area contributed by atoms with E-state index in [1.807, 2.05) is 0 Å². The number of hydrogen-bond acceptors (Lipinski definition) is 4. The van der Waals surface area contributed by atoms with Crippen LogP contribution in [0.4, 0.5) is 8.78 Å². The first kappa shape index (κ1) is 20.2. The van der Waals surface area contributed by atoms with Crippen LogP contribution in [-0.4, -0.2) is 37.2 Å². The minimum absolute atomic E-state index is 0.0647. The molecule has 0 aliphatic rings. The van der Waals surface area contributed by atoms with E-state index in [1.165, 1.54) is 25.3 Å². The van der Waals surface area contributed by atoms with Gasteiger partial charge in [-0.3, -0.25) is 4.79 Å². The van der Waals surface area contributed by atoms with Gasteiger partial charge in [-0.15, -0.1) is 0 Å². The maximum absolute atomic E-state index is 12.4. The zero-order valence-corrected chi connectivity index (χ0v) is 14.6. The van der Waals surface area contributed by atoms with Gasteiger partial charge in [0, 0.05) is 6.54 Å².